The average molecular weight is 209 g/mol. The molecule has 2 unspecified atom stereocenters. The van der Waals surface area contributed by atoms with Crippen LogP contribution in [0, 0.1) is 13.8 Å². The lowest BCUT2D eigenvalue weighted by Crippen LogP contribution is -2.29. The van der Waals surface area contributed by atoms with Crippen LogP contribution < -0.4 is 5.73 Å². The molecule has 1 aliphatic carbocycles. The fourth-order valence-corrected chi connectivity index (χ4v) is 2.28. The Hall–Kier alpha value is -1.03. The van der Waals surface area contributed by atoms with Gasteiger partial charge in [-0.05, 0) is 26.7 Å². The molecule has 2 rings (SSSR count). The van der Waals surface area contributed by atoms with Crippen molar-refractivity contribution in [2.24, 2.45) is 0 Å². The van der Waals surface area contributed by atoms with Crippen LogP contribution in [0.1, 0.15) is 43.0 Å². The van der Waals surface area contributed by atoms with E-state index in [1.54, 1.807) is 0 Å². The Labute approximate surface area is 90.1 Å². The number of aromatic nitrogens is 2. The minimum Gasteiger partial charge on any atom is -0.391 e. The molecule has 0 radical (unpaired) electrons. The number of aryl methyl sites for hydroxylation is 1. The number of nitrogens with two attached hydrogens (primary N) is 1. The quantitative estimate of drug-likeness (QED) is 0.737. The van der Waals surface area contributed by atoms with Crippen molar-refractivity contribution in [1.29, 1.82) is 0 Å². The molecule has 0 aromatic carbocycles. The summed E-state index contributed by atoms with van der Waals surface area (Å²) in [5.74, 6) is 0.707. The van der Waals surface area contributed by atoms with Gasteiger partial charge in [0, 0.05) is 5.56 Å². The summed E-state index contributed by atoms with van der Waals surface area (Å²) in [4.78, 5) is 0. The lowest BCUT2D eigenvalue weighted by molar-refractivity contribution is 0.0704. The Balaban J connectivity index is 2.31. The van der Waals surface area contributed by atoms with Crippen molar-refractivity contribution in [1.82, 2.24) is 9.78 Å². The lowest BCUT2D eigenvalue weighted by Gasteiger charge is -2.28. The molecule has 15 heavy (non-hydrogen) atoms. The van der Waals surface area contributed by atoms with Crippen LogP contribution in [0.2, 0.25) is 0 Å². The largest absolute Gasteiger partial charge is 0.391 e. The summed E-state index contributed by atoms with van der Waals surface area (Å²) in [7, 11) is 0. The van der Waals surface area contributed by atoms with E-state index in [4.69, 9.17) is 5.73 Å². The second-order valence-electron chi connectivity index (χ2n) is 4.46. The molecule has 84 valence electrons. The van der Waals surface area contributed by atoms with E-state index >= 15 is 0 Å². The van der Waals surface area contributed by atoms with Gasteiger partial charge < -0.3 is 10.8 Å². The van der Waals surface area contributed by atoms with Crippen LogP contribution in [0.15, 0.2) is 0 Å². The fraction of sp³-hybridized carbons (Fsp3) is 0.727. The van der Waals surface area contributed by atoms with Crippen molar-refractivity contribution >= 4 is 5.82 Å². The summed E-state index contributed by atoms with van der Waals surface area (Å²) in [6.07, 6.45) is 3.81. The van der Waals surface area contributed by atoms with Crippen LogP contribution in [0.5, 0.6) is 0 Å². The summed E-state index contributed by atoms with van der Waals surface area (Å²) in [5, 5.41) is 14.3. The Bertz CT molecular complexity index is 359. The lowest BCUT2D eigenvalue weighted by atomic mass is 9.93. The molecule has 1 saturated carbocycles. The van der Waals surface area contributed by atoms with E-state index in [1.807, 2.05) is 18.5 Å². The van der Waals surface area contributed by atoms with Gasteiger partial charge >= 0.3 is 0 Å². The Kier molecular flexibility index (Phi) is 2.69. The van der Waals surface area contributed by atoms with Crippen LogP contribution >= 0.6 is 0 Å². The molecule has 0 spiro atoms. The standard InChI is InChI=1S/C11H19N3O/c1-7-8(2)13-14(11(7)12)9-5-3-4-6-10(9)15/h9-10,15H,3-6,12H2,1-2H3. The average Bonchev–Trinajstić information content (AvgIpc) is 2.47. The van der Waals surface area contributed by atoms with Crippen LogP contribution in [0.25, 0.3) is 0 Å². The number of aliphatic hydroxyl groups excluding tert-OH is 1. The number of hydrogen-bond acceptors (Lipinski definition) is 3. The van der Waals surface area contributed by atoms with Gasteiger partial charge in [0.1, 0.15) is 5.82 Å². The van der Waals surface area contributed by atoms with Gasteiger partial charge in [-0.25, -0.2) is 4.68 Å². The van der Waals surface area contributed by atoms with Gasteiger partial charge in [-0.15, -0.1) is 0 Å². The zero-order valence-corrected chi connectivity index (χ0v) is 9.40. The fourth-order valence-electron chi connectivity index (χ4n) is 2.28. The van der Waals surface area contributed by atoms with E-state index in [2.05, 4.69) is 5.10 Å². The highest BCUT2D eigenvalue weighted by Crippen LogP contribution is 2.31. The number of rotatable bonds is 1. The molecule has 1 heterocycles. The first-order chi connectivity index (χ1) is 7.11. The van der Waals surface area contributed by atoms with E-state index < -0.39 is 0 Å². The molecule has 2 atom stereocenters. The maximum absolute atomic E-state index is 9.93. The maximum atomic E-state index is 9.93. The third kappa shape index (κ3) is 1.74. The second-order valence-corrected chi connectivity index (χ2v) is 4.46. The van der Waals surface area contributed by atoms with E-state index in [1.165, 1.54) is 0 Å². The molecular weight excluding hydrogens is 190 g/mol. The minimum absolute atomic E-state index is 0.0751. The van der Waals surface area contributed by atoms with Crippen molar-refractivity contribution in [3.63, 3.8) is 0 Å². The minimum atomic E-state index is -0.292. The van der Waals surface area contributed by atoms with Gasteiger partial charge in [-0.3, -0.25) is 0 Å². The molecule has 1 fully saturated rings. The molecule has 0 amide bonds. The van der Waals surface area contributed by atoms with E-state index in [0.717, 1.165) is 36.9 Å². The summed E-state index contributed by atoms with van der Waals surface area (Å²) in [6, 6.07) is 0.0751. The number of hydrogen-bond donors (Lipinski definition) is 2. The monoisotopic (exact) mass is 209 g/mol. The highest BCUT2D eigenvalue weighted by atomic mass is 16.3. The summed E-state index contributed by atoms with van der Waals surface area (Å²) < 4.78 is 1.81. The van der Waals surface area contributed by atoms with Gasteiger partial charge in [-0.1, -0.05) is 12.8 Å². The van der Waals surface area contributed by atoms with E-state index in [-0.39, 0.29) is 12.1 Å². The summed E-state index contributed by atoms with van der Waals surface area (Å²) >= 11 is 0. The van der Waals surface area contributed by atoms with Crippen molar-refractivity contribution in [2.75, 3.05) is 5.73 Å². The molecule has 3 N–H and O–H groups in total. The molecule has 4 heteroatoms. The zero-order chi connectivity index (χ0) is 11.0. The highest BCUT2D eigenvalue weighted by Gasteiger charge is 2.27. The van der Waals surface area contributed by atoms with Gasteiger partial charge in [-0.2, -0.15) is 5.10 Å². The Morgan fingerprint density at radius 1 is 1.33 bits per heavy atom. The second kappa shape index (κ2) is 3.85. The zero-order valence-electron chi connectivity index (χ0n) is 9.40. The molecule has 0 bridgehead atoms. The van der Waals surface area contributed by atoms with Crippen LogP contribution in [-0.4, -0.2) is 21.0 Å². The molecule has 0 aliphatic heterocycles. The van der Waals surface area contributed by atoms with E-state index in [9.17, 15) is 5.11 Å². The van der Waals surface area contributed by atoms with Crippen molar-refractivity contribution in [3.8, 4) is 0 Å². The van der Waals surface area contributed by atoms with Crippen LogP contribution in [0.3, 0.4) is 0 Å². The number of nitrogens with zero attached hydrogens (tertiary/aromatic N) is 2. The predicted molar refractivity (Wildman–Crippen MR) is 59.6 cm³/mol. The third-order valence-corrected chi connectivity index (χ3v) is 3.44. The van der Waals surface area contributed by atoms with E-state index in [0.29, 0.717) is 5.82 Å². The summed E-state index contributed by atoms with van der Waals surface area (Å²) in [6.45, 7) is 3.93. The first kappa shape index (κ1) is 10.5. The summed E-state index contributed by atoms with van der Waals surface area (Å²) in [5.41, 5.74) is 7.98. The van der Waals surface area contributed by atoms with Crippen molar-refractivity contribution in [2.45, 2.75) is 51.7 Å². The Morgan fingerprint density at radius 2 is 2.00 bits per heavy atom. The smallest absolute Gasteiger partial charge is 0.125 e. The van der Waals surface area contributed by atoms with Gasteiger partial charge in [0.15, 0.2) is 0 Å². The molecule has 1 aromatic heterocycles. The molecule has 4 nitrogen and oxygen atoms in total. The molecular formula is C11H19N3O. The molecule has 1 aliphatic rings. The van der Waals surface area contributed by atoms with Crippen molar-refractivity contribution < 1.29 is 5.11 Å². The number of anilines is 1. The maximum Gasteiger partial charge on any atom is 0.125 e. The highest BCUT2D eigenvalue weighted by molar-refractivity contribution is 5.42. The first-order valence-electron chi connectivity index (χ1n) is 5.60. The van der Waals surface area contributed by atoms with Gasteiger partial charge in [0.2, 0.25) is 0 Å². The number of nitrogen functional groups attached to an aromatic ring is 1. The Morgan fingerprint density at radius 3 is 2.53 bits per heavy atom. The number of aliphatic hydroxyl groups is 1. The van der Waals surface area contributed by atoms with Gasteiger partial charge in [0.05, 0.1) is 17.8 Å². The SMILES string of the molecule is Cc1nn(C2CCCCC2O)c(N)c1C. The topological polar surface area (TPSA) is 64.1 Å². The van der Waals surface area contributed by atoms with Crippen LogP contribution in [-0.2, 0) is 0 Å². The molecule has 0 saturated heterocycles. The predicted octanol–water partition coefficient (Wildman–Crippen LogP) is 1.56. The molecule has 1 aromatic rings. The van der Waals surface area contributed by atoms with Crippen molar-refractivity contribution in [3.05, 3.63) is 11.3 Å². The van der Waals surface area contributed by atoms with Crippen LogP contribution in [0.4, 0.5) is 5.82 Å². The van der Waals surface area contributed by atoms with Gasteiger partial charge in [0.25, 0.3) is 0 Å². The normalized spacial score (nSPS) is 26.9. The third-order valence-electron chi connectivity index (χ3n) is 3.44. The first-order valence-corrected chi connectivity index (χ1v) is 5.60.